The zero-order valence-corrected chi connectivity index (χ0v) is 12.3. The Hall–Kier alpha value is -3.08. The molecule has 0 spiro atoms. The number of pyridine rings is 1. The van der Waals surface area contributed by atoms with Crippen LogP contribution in [-0.2, 0) is 11.4 Å². The second kappa shape index (κ2) is 6.79. The number of ether oxygens (including phenoxy) is 2. The van der Waals surface area contributed by atoms with Crippen LogP contribution >= 0.6 is 0 Å². The molecule has 0 fully saturated rings. The van der Waals surface area contributed by atoms with Crippen molar-refractivity contribution in [3.05, 3.63) is 66.4 Å². The summed E-state index contributed by atoms with van der Waals surface area (Å²) in [5.74, 6) is 0.175. The highest BCUT2D eigenvalue weighted by molar-refractivity contribution is 5.86. The number of rotatable bonds is 6. The molecule has 23 heavy (non-hydrogen) atoms. The van der Waals surface area contributed by atoms with Gasteiger partial charge in [0.05, 0.1) is 5.52 Å². The van der Waals surface area contributed by atoms with Crippen LogP contribution in [0.5, 0.6) is 11.5 Å². The molecule has 1 heterocycles. The Morgan fingerprint density at radius 2 is 1.87 bits per heavy atom. The van der Waals surface area contributed by atoms with Crippen LogP contribution in [0, 0.1) is 0 Å². The van der Waals surface area contributed by atoms with Crippen LogP contribution in [0.15, 0.2) is 60.8 Å². The minimum Gasteiger partial charge on any atom is -0.489 e. The van der Waals surface area contributed by atoms with Gasteiger partial charge in [-0.1, -0.05) is 30.3 Å². The van der Waals surface area contributed by atoms with E-state index in [1.54, 1.807) is 12.3 Å². The van der Waals surface area contributed by atoms with E-state index in [0.717, 1.165) is 10.9 Å². The van der Waals surface area contributed by atoms with E-state index in [2.05, 4.69) is 4.98 Å². The summed E-state index contributed by atoms with van der Waals surface area (Å²) >= 11 is 0. The monoisotopic (exact) mass is 309 g/mol. The van der Waals surface area contributed by atoms with Crippen molar-refractivity contribution >= 4 is 16.9 Å². The van der Waals surface area contributed by atoms with E-state index in [1.807, 2.05) is 48.5 Å². The van der Waals surface area contributed by atoms with Crippen molar-refractivity contribution in [2.75, 3.05) is 6.61 Å². The van der Waals surface area contributed by atoms with Gasteiger partial charge in [0.1, 0.15) is 18.1 Å². The molecule has 1 N–H and O–H groups in total. The standard InChI is InChI=1S/C18H15NO4/c20-18(21)12-23-17-8-9-19-16-10-14(6-7-15(16)17)22-11-13-4-2-1-3-5-13/h1-10H,11-12H2,(H,20,21). The highest BCUT2D eigenvalue weighted by Gasteiger charge is 2.07. The van der Waals surface area contributed by atoms with E-state index in [0.29, 0.717) is 23.6 Å². The Kier molecular flexibility index (Phi) is 4.38. The number of carboxylic acid groups (broad SMARTS) is 1. The molecule has 0 aliphatic carbocycles. The number of carbonyl (C=O) groups is 1. The molecule has 0 bridgehead atoms. The third-order valence-corrected chi connectivity index (χ3v) is 3.27. The van der Waals surface area contributed by atoms with Crippen LogP contribution < -0.4 is 9.47 Å². The van der Waals surface area contributed by atoms with Crippen molar-refractivity contribution in [1.82, 2.24) is 4.98 Å². The molecule has 0 atom stereocenters. The summed E-state index contributed by atoms with van der Waals surface area (Å²) in [6, 6.07) is 17.0. The molecular weight excluding hydrogens is 294 g/mol. The fourth-order valence-electron chi connectivity index (χ4n) is 2.20. The van der Waals surface area contributed by atoms with Crippen molar-refractivity contribution in [2.45, 2.75) is 6.61 Å². The van der Waals surface area contributed by atoms with Gasteiger partial charge in [0.2, 0.25) is 0 Å². The number of benzene rings is 2. The number of nitrogens with zero attached hydrogens (tertiary/aromatic N) is 1. The van der Waals surface area contributed by atoms with Gasteiger partial charge < -0.3 is 14.6 Å². The molecule has 116 valence electrons. The van der Waals surface area contributed by atoms with Gasteiger partial charge in [0.15, 0.2) is 6.61 Å². The third-order valence-electron chi connectivity index (χ3n) is 3.27. The van der Waals surface area contributed by atoms with Gasteiger partial charge in [0.25, 0.3) is 0 Å². The second-order valence-corrected chi connectivity index (χ2v) is 4.94. The van der Waals surface area contributed by atoms with Crippen molar-refractivity contribution in [3.8, 4) is 11.5 Å². The molecule has 0 amide bonds. The quantitative estimate of drug-likeness (QED) is 0.757. The van der Waals surface area contributed by atoms with Crippen LogP contribution in [0.1, 0.15) is 5.56 Å². The Bertz CT molecular complexity index is 818. The number of hydrogen-bond acceptors (Lipinski definition) is 4. The minimum absolute atomic E-state index is 0.384. The van der Waals surface area contributed by atoms with Crippen LogP contribution in [0.3, 0.4) is 0 Å². The summed E-state index contributed by atoms with van der Waals surface area (Å²) in [6.45, 7) is 0.0902. The Balaban J connectivity index is 1.78. The molecule has 5 nitrogen and oxygen atoms in total. The molecular formula is C18H15NO4. The van der Waals surface area contributed by atoms with Crippen LogP contribution in [0.25, 0.3) is 10.9 Å². The molecule has 0 saturated heterocycles. The molecule has 2 aromatic carbocycles. The molecule has 0 unspecified atom stereocenters. The number of hydrogen-bond donors (Lipinski definition) is 1. The van der Waals surface area contributed by atoms with E-state index in [-0.39, 0.29) is 6.61 Å². The highest BCUT2D eigenvalue weighted by atomic mass is 16.5. The van der Waals surface area contributed by atoms with E-state index in [4.69, 9.17) is 14.6 Å². The molecule has 1 aromatic heterocycles. The molecule has 3 rings (SSSR count). The average molecular weight is 309 g/mol. The molecule has 5 heteroatoms. The lowest BCUT2D eigenvalue weighted by Crippen LogP contribution is -2.09. The maximum Gasteiger partial charge on any atom is 0.341 e. The summed E-state index contributed by atoms with van der Waals surface area (Å²) in [6.07, 6.45) is 1.58. The first-order valence-corrected chi connectivity index (χ1v) is 7.12. The summed E-state index contributed by atoms with van der Waals surface area (Å²) in [5, 5.41) is 9.46. The van der Waals surface area contributed by atoms with Gasteiger partial charge in [-0.15, -0.1) is 0 Å². The van der Waals surface area contributed by atoms with Gasteiger partial charge in [0, 0.05) is 17.6 Å². The first-order chi connectivity index (χ1) is 11.2. The van der Waals surface area contributed by atoms with E-state index in [9.17, 15) is 4.79 Å². The van der Waals surface area contributed by atoms with Gasteiger partial charge in [-0.2, -0.15) is 0 Å². The lowest BCUT2D eigenvalue weighted by molar-refractivity contribution is -0.139. The van der Waals surface area contributed by atoms with Crippen molar-refractivity contribution in [1.29, 1.82) is 0 Å². The number of aromatic nitrogens is 1. The summed E-state index contributed by atoms with van der Waals surface area (Å²) < 4.78 is 11.0. The fourth-order valence-corrected chi connectivity index (χ4v) is 2.20. The predicted molar refractivity (Wildman–Crippen MR) is 85.6 cm³/mol. The normalized spacial score (nSPS) is 10.4. The Morgan fingerprint density at radius 3 is 2.65 bits per heavy atom. The smallest absolute Gasteiger partial charge is 0.341 e. The number of aliphatic carboxylic acids is 1. The van der Waals surface area contributed by atoms with Gasteiger partial charge in [-0.25, -0.2) is 4.79 Å². The highest BCUT2D eigenvalue weighted by Crippen LogP contribution is 2.27. The topological polar surface area (TPSA) is 68.7 Å². The zero-order valence-electron chi connectivity index (χ0n) is 12.3. The largest absolute Gasteiger partial charge is 0.489 e. The molecule has 0 radical (unpaired) electrons. The second-order valence-electron chi connectivity index (χ2n) is 4.94. The summed E-state index contributed by atoms with van der Waals surface area (Å²) in [4.78, 5) is 14.9. The average Bonchev–Trinajstić information content (AvgIpc) is 2.58. The maximum atomic E-state index is 10.6. The number of fused-ring (bicyclic) bond motifs is 1. The molecule has 3 aromatic rings. The van der Waals surface area contributed by atoms with Gasteiger partial charge in [-0.05, 0) is 23.8 Å². The van der Waals surface area contributed by atoms with E-state index in [1.165, 1.54) is 0 Å². The maximum absolute atomic E-state index is 10.6. The number of carboxylic acids is 1. The molecule has 0 saturated carbocycles. The van der Waals surface area contributed by atoms with Crippen molar-refractivity contribution < 1.29 is 19.4 Å². The molecule has 0 aliphatic heterocycles. The Labute approximate surface area is 133 Å². The third kappa shape index (κ3) is 3.77. The first kappa shape index (κ1) is 14.8. The van der Waals surface area contributed by atoms with E-state index < -0.39 is 5.97 Å². The fraction of sp³-hybridized carbons (Fsp3) is 0.111. The predicted octanol–water partition coefficient (Wildman–Crippen LogP) is 3.28. The Morgan fingerprint density at radius 1 is 1.04 bits per heavy atom. The SMILES string of the molecule is O=C(O)COc1ccnc2cc(OCc3ccccc3)ccc12. The van der Waals surface area contributed by atoms with Gasteiger partial charge in [-0.3, -0.25) is 4.98 Å². The van der Waals surface area contributed by atoms with Crippen molar-refractivity contribution in [2.24, 2.45) is 0 Å². The van der Waals surface area contributed by atoms with Crippen LogP contribution in [-0.4, -0.2) is 22.7 Å². The summed E-state index contributed by atoms with van der Waals surface area (Å²) in [7, 11) is 0. The first-order valence-electron chi connectivity index (χ1n) is 7.12. The minimum atomic E-state index is -1.02. The van der Waals surface area contributed by atoms with Crippen molar-refractivity contribution in [3.63, 3.8) is 0 Å². The van der Waals surface area contributed by atoms with Crippen LogP contribution in [0.2, 0.25) is 0 Å². The van der Waals surface area contributed by atoms with E-state index >= 15 is 0 Å². The lowest BCUT2D eigenvalue weighted by atomic mass is 10.2. The van der Waals surface area contributed by atoms with Gasteiger partial charge >= 0.3 is 5.97 Å². The zero-order chi connectivity index (χ0) is 16.1. The lowest BCUT2D eigenvalue weighted by Gasteiger charge is -2.09. The van der Waals surface area contributed by atoms with Crippen LogP contribution in [0.4, 0.5) is 0 Å². The summed E-state index contributed by atoms with van der Waals surface area (Å²) in [5.41, 5.74) is 1.78. The molecule has 0 aliphatic rings.